The Morgan fingerprint density at radius 3 is 2.32 bits per heavy atom. The first kappa shape index (κ1) is 15.4. The number of amides is 1. The molecule has 0 aliphatic rings. The molecule has 0 spiro atoms. The Balaban J connectivity index is 2.57. The Labute approximate surface area is 116 Å². The molecule has 0 atom stereocenters. The van der Waals surface area contributed by atoms with Crippen LogP contribution in [0.25, 0.3) is 0 Å². The lowest BCUT2D eigenvalue weighted by molar-refractivity contribution is -0.145. The Morgan fingerprint density at radius 1 is 1.32 bits per heavy atom. The van der Waals surface area contributed by atoms with E-state index >= 15 is 0 Å². The maximum atomic E-state index is 11.7. The van der Waals surface area contributed by atoms with E-state index in [9.17, 15) is 9.59 Å². The van der Waals surface area contributed by atoms with Gasteiger partial charge in [0.1, 0.15) is 5.54 Å². The Hall–Kier alpha value is -1.63. The molecule has 0 radical (unpaired) electrons. The number of rotatable bonds is 5. The molecule has 0 bridgehead atoms. The van der Waals surface area contributed by atoms with Gasteiger partial charge in [-0.1, -0.05) is 11.8 Å². The van der Waals surface area contributed by atoms with E-state index < -0.39 is 11.5 Å². The minimum absolute atomic E-state index is 0.0829. The second kappa shape index (κ2) is 6.01. The van der Waals surface area contributed by atoms with E-state index in [1.807, 2.05) is 19.9 Å². The molecule has 1 aromatic heterocycles. The number of carbonyl (C=O) groups excluding carboxylic acids is 1. The molecule has 1 rings (SSSR count). The molecule has 1 heterocycles. The Kier molecular flexibility index (Phi) is 4.88. The highest BCUT2D eigenvalue weighted by Crippen LogP contribution is 2.14. The van der Waals surface area contributed by atoms with Crippen molar-refractivity contribution in [3.05, 3.63) is 17.5 Å². The summed E-state index contributed by atoms with van der Waals surface area (Å²) in [5, 5.41) is 11.9. The van der Waals surface area contributed by atoms with Gasteiger partial charge in [-0.2, -0.15) is 0 Å². The lowest BCUT2D eigenvalue weighted by atomic mass is 10.1. The molecule has 0 saturated carbocycles. The fourth-order valence-electron chi connectivity index (χ4n) is 1.33. The standard InChI is InChI=1S/C12H17N3O3S/c1-7-5-8(2)14-11(13-7)19-6-9(16)15-12(3,4)10(17)18/h5H,6H2,1-4H3,(H,15,16)(H,17,18). The summed E-state index contributed by atoms with van der Waals surface area (Å²) in [6.07, 6.45) is 0. The van der Waals surface area contributed by atoms with Gasteiger partial charge in [0.25, 0.3) is 0 Å². The molecule has 0 saturated heterocycles. The summed E-state index contributed by atoms with van der Waals surface area (Å²) in [6.45, 7) is 6.58. The van der Waals surface area contributed by atoms with E-state index in [-0.39, 0.29) is 11.7 Å². The fourth-order valence-corrected chi connectivity index (χ4v) is 2.08. The quantitative estimate of drug-likeness (QED) is 0.622. The number of hydrogen-bond donors (Lipinski definition) is 2. The predicted octanol–water partition coefficient (Wildman–Crippen LogP) is 1.16. The summed E-state index contributed by atoms with van der Waals surface area (Å²) in [5.41, 5.74) is 0.392. The maximum absolute atomic E-state index is 11.7. The molecule has 6 nitrogen and oxygen atoms in total. The van der Waals surface area contributed by atoms with Gasteiger partial charge in [-0.25, -0.2) is 14.8 Å². The number of carboxylic acids is 1. The van der Waals surface area contributed by atoms with Gasteiger partial charge in [-0.3, -0.25) is 4.79 Å². The first-order valence-corrected chi connectivity index (χ1v) is 6.69. The van der Waals surface area contributed by atoms with Crippen molar-refractivity contribution < 1.29 is 14.7 Å². The molecule has 19 heavy (non-hydrogen) atoms. The van der Waals surface area contributed by atoms with Crippen LogP contribution in [-0.4, -0.2) is 38.2 Å². The molecule has 0 fully saturated rings. The summed E-state index contributed by atoms with van der Waals surface area (Å²) in [4.78, 5) is 30.9. The van der Waals surface area contributed by atoms with Crippen molar-refractivity contribution >= 4 is 23.6 Å². The highest BCUT2D eigenvalue weighted by Gasteiger charge is 2.28. The van der Waals surface area contributed by atoms with Crippen molar-refractivity contribution in [2.24, 2.45) is 0 Å². The molecular formula is C12H17N3O3S. The zero-order valence-electron chi connectivity index (χ0n) is 11.4. The van der Waals surface area contributed by atoms with E-state index in [0.29, 0.717) is 5.16 Å². The molecule has 0 aromatic carbocycles. The fraction of sp³-hybridized carbons (Fsp3) is 0.500. The van der Waals surface area contributed by atoms with Crippen LogP contribution in [0.4, 0.5) is 0 Å². The minimum Gasteiger partial charge on any atom is -0.480 e. The third-order valence-corrected chi connectivity index (χ3v) is 3.13. The van der Waals surface area contributed by atoms with E-state index in [0.717, 1.165) is 11.4 Å². The third-order valence-electron chi connectivity index (χ3n) is 2.28. The first-order chi connectivity index (χ1) is 8.70. The molecule has 7 heteroatoms. The number of aliphatic carboxylic acids is 1. The van der Waals surface area contributed by atoms with Gasteiger partial charge in [0, 0.05) is 11.4 Å². The van der Waals surface area contributed by atoms with Crippen molar-refractivity contribution in [3.63, 3.8) is 0 Å². The molecule has 1 aromatic rings. The number of thioether (sulfide) groups is 1. The van der Waals surface area contributed by atoms with Crippen LogP contribution in [0.15, 0.2) is 11.2 Å². The highest BCUT2D eigenvalue weighted by atomic mass is 32.2. The zero-order valence-corrected chi connectivity index (χ0v) is 12.2. The van der Waals surface area contributed by atoms with Crippen LogP contribution in [0, 0.1) is 13.8 Å². The number of carbonyl (C=O) groups is 2. The number of carboxylic acid groups (broad SMARTS) is 1. The Bertz CT molecular complexity index is 483. The summed E-state index contributed by atoms with van der Waals surface area (Å²) < 4.78 is 0. The summed E-state index contributed by atoms with van der Waals surface area (Å²) in [5.74, 6) is -1.35. The molecule has 104 valence electrons. The van der Waals surface area contributed by atoms with Crippen LogP contribution in [0.3, 0.4) is 0 Å². The molecule has 0 unspecified atom stereocenters. The largest absolute Gasteiger partial charge is 0.480 e. The lowest BCUT2D eigenvalue weighted by Crippen LogP contribution is -2.50. The van der Waals surface area contributed by atoms with Crippen molar-refractivity contribution in [1.29, 1.82) is 0 Å². The molecule has 0 aliphatic carbocycles. The molecular weight excluding hydrogens is 266 g/mol. The number of aryl methyl sites for hydroxylation is 2. The van der Waals surface area contributed by atoms with Gasteiger partial charge in [-0.15, -0.1) is 0 Å². The monoisotopic (exact) mass is 283 g/mol. The summed E-state index contributed by atoms with van der Waals surface area (Å²) in [7, 11) is 0. The summed E-state index contributed by atoms with van der Waals surface area (Å²) >= 11 is 1.18. The first-order valence-electron chi connectivity index (χ1n) is 5.70. The van der Waals surface area contributed by atoms with Gasteiger partial charge in [0.05, 0.1) is 5.75 Å². The number of hydrogen-bond acceptors (Lipinski definition) is 5. The van der Waals surface area contributed by atoms with Crippen molar-refractivity contribution in [2.75, 3.05) is 5.75 Å². The zero-order chi connectivity index (χ0) is 14.6. The van der Waals surface area contributed by atoms with Crippen LogP contribution < -0.4 is 5.32 Å². The molecule has 0 aliphatic heterocycles. The molecule has 2 N–H and O–H groups in total. The normalized spacial score (nSPS) is 11.2. The number of nitrogens with one attached hydrogen (secondary N) is 1. The minimum atomic E-state index is -1.28. The van der Waals surface area contributed by atoms with Gasteiger partial charge in [0.2, 0.25) is 5.91 Å². The second-order valence-corrected chi connectivity index (χ2v) is 5.64. The van der Waals surface area contributed by atoms with Gasteiger partial charge in [0.15, 0.2) is 5.16 Å². The summed E-state index contributed by atoms with van der Waals surface area (Å²) in [6, 6.07) is 1.84. The van der Waals surface area contributed by atoms with Crippen LogP contribution in [0.2, 0.25) is 0 Å². The van der Waals surface area contributed by atoms with Crippen LogP contribution in [-0.2, 0) is 9.59 Å². The van der Waals surface area contributed by atoms with Crippen LogP contribution in [0.1, 0.15) is 25.2 Å². The average molecular weight is 283 g/mol. The topological polar surface area (TPSA) is 92.2 Å². The molecule has 1 amide bonds. The average Bonchev–Trinajstić information content (AvgIpc) is 2.24. The van der Waals surface area contributed by atoms with Crippen molar-refractivity contribution in [1.82, 2.24) is 15.3 Å². The van der Waals surface area contributed by atoms with E-state index in [1.165, 1.54) is 25.6 Å². The van der Waals surface area contributed by atoms with E-state index in [1.54, 1.807) is 0 Å². The number of aromatic nitrogens is 2. The maximum Gasteiger partial charge on any atom is 0.328 e. The van der Waals surface area contributed by atoms with Gasteiger partial charge in [-0.05, 0) is 33.8 Å². The van der Waals surface area contributed by atoms with E-state index in [2.05, 4.69) is 15.3 Å². The smallest absolute Gasteiger partial charge is 0.328 e. The Morgan fingerprint density at radius 2 is 1.84 bits per heavy atom. The third kappa shape index (κ3) is 4.86. The van der Waals surface area contributed by atoms with E-state index in [4.69, 9.17) is 5.11 Å². The van der Waals surface area contributed by atoms with Crippen molar-refractivity contribution in [2.45, 2.75) is 38.4 Å². The van der Waals surface area contributed by atoms with Gasteiger partial charge < -0.3 is 10.4 Å². The number of nitrogens with zero attached hydrogens (tertiary/aromatic N) is 2. The van der Waals surface area contributed by atoms with Gasteiger partial charge >= 0.3 is 5.97 Å². The van der Waals surface area contributed by atoms with Crippen LogP contribution in [0.5, 0.6) is 0 Å². The lowest BCUT2D eigenvalue weighted by Gasteiger charge is -2.20. The van der Waals surface area contributed by atoms with Crippen LogP contribution >= 0.6 is 11.8 Å². The highest BCUT2D eigenvalue weighted by molar-refractivity contribution is 7.99. The van der Waals surface area contributed by atoms with Crippen molar-refractivity contribution in [3.8, 4) is 0 Å². The predicted molar refractivity (Wildman–Crippen MR) is 72.1 cm³/mol. The SMILES string of the molecule is Cc1cc(C)nc(SCC(=O)NC(C)(C)C(=O)O)n1. The second-order valence-electron chi connectivity index (χ2n) is 4.70.